The van der Waals surface area contributed by atoms with Crippen LogP contribution in [0.15, 0.2) is 24.3 Å². The predicted molar refractivity (Wildman–Crippen MR) is 65.7 cm³/mol. The molecule has 0 saturated carbocycles. The summed E-state index contributed by atoms with van der Waals surface area (Å²) >= 11 is 0. The van der Waals surface area contributed by atoms with Gasteiger partial charge in [0.25, 0.3) is 0 Å². The van der Waals surface area contributed by atoms with E-state index < -0.39 is 21.8 Å². The zero-order valence-corrected chi connectivity index (χ0v) is 10.9. The van der Waals surface area contributed by atoms with Crippen LogP contribution in [0.3, 0.4) is 0 Å². The average Bonchev–Trinajstić information content (AvgIpc) is 2.26. The second-order valence-corrected chi connectivity index (χ2v) is 5.79. The van der Waals surface area contributed by atoms with Crippen molar-refractivity contribution in [3.05, 3.63) is 35.4 Å². The maximum absolute atomic E-state index is 12.7. The highest BCUT2D eigenvalue weighted by Gasteiger charge is 2.32. The normalized spacial score (nSPS) is 12.6. The first kappa shape index (κ1) is 15.9. The molecule has 0 spiro atoms. The number of alkyl halides is 3. The molecular weight excluding hydrogens is 281 g/mol. The summed E-state index contributed by atoms with van der Waals surface area (Å²) in [6, 6.07) is 5.25. The fourth-order valence-electron chi connectivity index (χ4n) is 1.57. The molecule has 0 bridgehead atoms. The minimum absolute atomic E-state index is 0.0281. The quantitative estimate of drug-likeness (QED) is 0.781. The number of hydrogen-bond donors (Lipinski definition) is 2. The molecule has 1 aromatic carbocycles. The van der Waals surface area contributed by atoms with Crippen LogP contribution in [-0.4, -0.2) is 20.7 Å². The summed E-state index contributed by atoms with van der Waals surface area (Å²) in [5, 5.41) is 7.57. The van der Waals surface area contributed by atoms with Crippen molar-refractivity contribution in [3.63, 3.8) is 0 Å². The first-order valence-corrected chi connectivity index (χ1v) is 7.28. The number of sulfonamides is 1. The summed E-state index contributed by atoms with van der Waals surface area (Å²) in [4.78, 5) is 0. The first-order valence-electron chi connectivity index (χ1n) is 5.56. The van der Waals surface area contributed by atoms with E-state index in [1.54, 1.807) is 0 Å². The van der Waals surface area contributed by atoms with E-state index in [2.05, 4.69) is 5.32 Å². The Morgan fingerprint density at radius 3 is 2.42 bits per heavy atom. The molecule has 4 nitrogen and oxygen atoms in total. The van der Waals surface area contributed by atoms with E-state index in [-0.39, 0.29) is 30.8 Å². The topological polar surface area (TPSA) is 72.2 Å². The van der Waals surface area contributed by atoms with Gasteiger partial charge in [-0.2, -0.15) is 13.2 Å². The average molecular weight is 296 g/mol. The molecule has 0 unspecified atom stereocenters. The van der Waals surface area contributed by atoms with Gasteiger partial charge in [0.2, 0.25) is 10.0 Å². The van der Waals surface area contributed by atoms with Gasteiger partial charge in [-0.05, 0) is 24.6 Å². The molecule has 8 heteroatoms. The van der Waals surface area contributed by atoms with Crippen molar-refractivity contribution >= 4 is 10.0 Å². The highest BCUT2D eigenvalue weighted by Crippen LogP contribution is 2.31. The van der Waals surface area contributed by atoms with Crippen LogP contribution < -0.4 is 10.5 Å². The molecule has 1 rings (SSSR count). The maximum Gasteiger partial charge on any atom is 0.416 e. The second-order valence-electron chi connectivity index (χ2n) is 4.05. The van der Waals surface area contributed by atoms with Crippen molar-refractivity contribution < 1.29 is 21.6 Å². The Balaban J connectivity index is 2.50. The Bertz CT molecular complexity index is 515. The van der Waals surface area contributed by atoms with Crippen molar-refractivity contribution in [2.45, 2.75) is 19.1 Å². The smallest absolute Gasteiger partial charge is 0.313 e. The van der Waals surface area contributed by atoms with Crippen molar-refractivity contribution in [1.82, 2.24) is 5.32 Å². The van der Waals surface area contributed by atoms with Crippen molar-refractivity contribution in [2.75, 3.05) is 12.3 Å². The molecule has 0 amide bonds. The van der Waals surface area contributed by atoms with E-state index in [1.807, 2.05) is 0 Å². The molecule has 0 radical (unpaired) electrons. The number of nitrogens with two attached hydrogens (primary N) is 1. The van der Waals surface area contributed by atoms with Gasteiger partial charge in [0.15, 0.2) is 0 Å². The molecule has 0 aliphatic heterocycles. The lowest BCUT2D eigenvalue weighted by atomic mass is 10.1. The molecule has 108 valence electrons. The third-order valence-electron chi connectivity index (χ3n) is 2.42. The molecule has 0 heterocycles. The van der Waals surface area contributed by atoms with Crippen LogP contribution in [0.5, 0.6) is 0 Å². The van der Waals surface area contributed by atoms with Crippen LogP contribution in [0, 0.1) is 0 Å². The van der Waals surface area contributed by atoms with Crippen LogP contribution in [0.25, 0.3) is 0 Å². The van der Waals surface area contributed by atoms with Gasteiger partial charge >= 0.3 is 6.18 Å². The van der Waals surface area contributed by atoms with E-state index in [4.69, 9.17) is 5.14 Å². The van der Waals surface area contributed by atoms with Crippen molar-refractivity contribution in [3.8, 4) is 0 Å². The SMILES string of the molecule is NS(=O)(=O)CCCNCc1ccccc1C(F)(F)F. The number of rotatable bonds is 6. The molecule has 0 aliphatic rings. The highest BCUT2D eigenvalue weighted by atomic mass is 32.2. The van der Waals surface area contributed by atoms with Gasteiger partial charge < -0.3 is 5.32 Å². The lowest BCUT2D eigenvalue weighted by Gasteiger charge is -2.13. The summed E-state index contributed by atoms with van der Waals surface area (Å²) in [5.74, 6) is -0.194. The molecule has 0 fully saturated rings. The third kappa shape index (κ3) is 6.04. The lowest BCUT2D eigenvalue weighted by molar-refractivity contribution is -0.138. The Morgan fingerprint density at radius 2 is 1.84 bits per heavy atom. The second kappa shape index (κ2) is 6.36. The summed E-state index contributed by atoms with van der Waals surface area (Å²) in [6.07, 6.45) is -4.13. The Labute approximate surface area is 109 Å². The van der Waals surface area contributed by atoms with Crippen LogP contribution in [0.2, 0.25) is 0 Å². The molecule has 0 aromatic heterocycles. The number of primary sulfonamides is 1. The van der Waals surface area contributed by atoms with E-state index in [0.717, 1.165) is 6.07 Å². The summed E-state index contributed by atoms with van der Waals surface area (Å²) in [7, 11) is -3.52. The van der Waals surface area contributed by atoms with E-state index >= 15 is 0 Å². The molecule has 3 N–H and O–H groups in total. The number of benzene rings is 1. The first-order chi connectivity index (χ1) is 8.70. The van der Waals surface area contributed by atoms with Crippen LogP contribution in [0.4, 0.5) is 13.2 Å². The summed E-state index contributed by atoms with van der Waals surface area (Å²) in [6.45, 7) is 0.308. The van der Waals surface area contributed by atoms with Gasteiger partial charge in [-0.25, -0.2) is 13.6 Å². The summed E-state index contributed by atoms with van der Waals surface area (Å²) in [5.41, 5.74) is -0.556. The minimum atomic E-state index is -4.39. The van der Waals surface area contributed by atoms with Crippen molar-refractivity contribution in [1.29, 1.82) is 0 Å². The zero-order valence-electron chi connectivity index (χ0n) is 10.1. The predicted octanol–water partition coefficient (Wildman–Crippen LogP) is 1.47. The van der Waals surface area contributed by atoms with Crippen LogP contribution in [0.1, 0.15) is 17.5 Å². The monoisotopic (exact) mass is 296 g/mol. The van der Waals surface area contributed by atoms with Gasteiger partial charge in [-0.1, -0.05) is 18.2 Å². The van der Waals surface area contributed by atoms with E-state index in [9.17, 15) is 21.6 Å². The fraction of sp³-hybridized carbons (Fsp3) is 0.455. The molecule has 0 saturated heterocycles. The van der Waals surface area contributed by atoms with E-state index in [0.29, 0.717) is 0 Å². The standard InChI is InChI=1S/C11H15F3N2O2S/c12-11(13,14)10-5-2-1-4-9(10)8-16-6-3-7-19(15,17)18/h1-2,4-5,16H,3,6-8H2,(H2,15,17,18). The number of halogens is 3. The fourth-order valence-corrected chi connectivity index (χ4v) is 2.12. The molecule has 1 aromatic rings. The molecule has 0 aliphatic carbocycles. The zero-order chi connectivity index (χ0) is 14.5. The maximum atomic E-state index is 12.7. The number of hydrogen-bond acceptors (Lipinski definition) is 3. The highest BCUT2D eigenvalue weighted by molar-refractivity contribution is 7.89. The number of nitrogens with one attached hydrogen (secondary N) is 1. The Kier molecular flexibility index (Phi) is 5.33. The summed E-state index contributed by atoms with van der Waals surface area (Å²) < 4.78 is 59.3. The van der Waals surface area contributed by atoms with Gasteiger partial charge in [0.1, 0.15) is 0 Å². The van der Waals surface area contributed by atoms with Crippen molar-refractivity contribution in [2.24, 2.45) is 5.14 Å². The van der Waals surface area contributed by atoms with Gasteiger partial charge in [-0.15, -0.1) is 0 Å². The van der Waals surface area contributed by atoms with Crippen LogP contribution in [-0.2, 0) is 22.7 Å². The van der Waals surface area contributed by atoms with Gasteiger partial charge in [-0.3, -0.25) is 0 Å². The lowest BCUT2D eigenvalue weighted by Crippen LogP contribution is -2.23. The molecule has 0 atom stereocenters. The Morgan fingerprint density at radius 1 is 1.21 bits per heavy atom. The van der Waals surface area contributed by atoms with E-state index in [1.165, 1.54) is 18.2 Å². The Hall–Kier alpha value is -1.12. The van der Waals surface area contributed by atoms with Gasteiger partial charge in [0.05, 0.1) is 11.3 Å². The third-order valence-corrected chi connectivity index (χ3v) is 3.28. The minimum Gasteiger partial charge on any atom is -0.313 e. The van der Waals surface area contributed by atoms with Gasteiger partial charge in [0, 0.05) is 6.54 Å². The largest absolute Gasteiger partial charge is 0.416 e. The van der Waals surface area contributed by atoms with Crippen LogP contribution >= 0.6 is 0 Å². The molecule has 19 heavy (non-hydrogen) atoms. The molecular formula is C11H15F3N2O2S.